The van der Waals surface area contributed by atoms with Crippen LogP contribution >= 0.6 is 0 Å². The molecule has 2 N–H and O–H groups in total. The molecule has 0 radical (unpaired) electrons. The fourth-order valence-electron chi connectivity index (χ4n) is 4.63. The van der Waals surface area contributed by atoms with Gasteiger partial charge in [0.15, 0.2) is 0 Å². The molecule has 1 fully saturated rings. The minimum absolute atomic E-state index is 0.127. The van der Waals surface area contributed by atoms with Crippen molar-refractivity contribution in [2.24, 2.45) is 5.92 Å². The molecule has 36 heavy (non-hydrogen) atoms. The molecule has 0 aromatic heterocycles. The van der Waals surface area contributed by atoms with Crippen molar-refractivity contribution in [3.8, 4) is 0 Å². The summed E-state index contributed by atoms with van der Waals surface area (Å²) in [4.78, 5) is 41.4. The Morgan fingerprint density at radius 2 is 1.61 bits per heavy atom. The number of nitrogens with one attached hydrogen (secondary N) is 2. The van der Waals surface area contributed by atoms with Crippen molar-refractivity contribution < 1.29 is 19.1 Å². The fraction of sp³-hybridized carbons (Fsp3) is 0.690. The van der Waals surface area contributed by atoms with Gasteiger partial charge in [-0.25, -0.2) is 4.79 Å². The Hall–Kier alpha value is -2.57. The molecule has 1 aromatic rings. The molecule has 2 atom stereocenters. The van der Waals surface area contributed by atoms with E-state index in [-0.39, 0.29) is 30.4 Å². The third kappa shape index (κ3) is 9.82. The molecule has 1 aliphatic carbocycles. The zero-order valence-electron chi connectivity index (χ0n) is 23.4. The van der Waals surface area contributed by atoms with Gasteiger partial charge in [0.2, 0.25) is 11.8 Å². The van der Waals surface area contributed by atoms with Gasteiger partial charge in [-0.1, -0.05) is 62.9 Å². The Morgan fingerprint density at radius 1 is 1.00 bits per heavy atom. The second-order valence-corrected chi connectivity index (χ2v) is 11.6. The number of aryl methyl sites for hydroxylation is 1. The lowest BCUT2D eigenvalue weighted by atomic mass is 9.94. The molecule has 0 saturated heterocycles. The van der Waals surface area contributed by atoms with Crippen LogP contribution in [-0.2, 0) is 14.3 Å². The van der Waals surface area contributed by atoms with Crippen LogP contribution in [0.5, 0.6) is 0 Å². The highest BCUT2D eigenvalue weighted by atomic mass is 16.6. The number of nitrogens with zero attached hydrogens (tertiary/aromatic N) is 1. The number of carbonyl (C=O) groups is 3. The van der Waals surface area contributed by atoms with Crippen molar-refractivity contribution >= 4 is 17.9 Å². The first kappa shape index (κ1) is 29.7. The molecule has 2 rings (SSSR count). The van der Waals surface area contributed by atoms with Crippen molar-refractivity contribution in [1.82, 2.24) is 15.5 Å². The first-order chi connectivity index (χ1) is 16.9. The summed E-state index contributed by atoms with van der Waals surface area (Å²) in [7, 11) is 0. The van der Waals surface area contributed by atoms with Gasteiger partial charge in [-0.3, -0.25) is 9.59 Å². The van der Waals surface area contributed by atoms with Gasteiger partial charge in [-0.2, -0.15) is 0 Å². The molecule has 2 unspecified atom stereocenters. The second-order valence-electron chi connectivity index (χ2n) is 11.6. The Balaban J connectivity index is 2.35. The van der Waals surface area contributed by atoms with Crippen LogP contribution in [0.1, 0.15) is 104 Å². The maximum absolute atomic E-state index is 13.8. The van der Waals surface area contributed by atoms with Gasteiger partial charge >= 0.3 is 6.09 Å². The van der Waals surface area contributed by atoms with E-state index in [2.05, 4.69) is 24.5 Å². The molecule has 202 valence electrons. The van der Waals surface area contributed by atoms with Gasteiger partial charge in [-0.15, -0.1) is 0 Å². The number of amides is 3. The number of hydrogen-bond acceptors (Lipinski definition) is 4. The van der Waals surface area contributed by atoms with Crippen LogP contribution in [0.3, 0.4) is 0 Å². The van der Waals surface area contributed by atoms with Crippen LogP contribution in [0, 0.1) is 12.8 Å². The standard InChI is InChI=1S/C29H47N3O4/c1-20(2)13-16-22(4)32(25(33)19-30-28(35)36-29(5,6)7)26(23-17-14-21(3)15-18-23)27(34)31-24-11-9-8-10-12-24/h14-15,17-18,20,22,24,26H,8-13,16,19H2,1-7H3,(H,30,35)(H,31,34). The lowest BCUT2D eigenvalue weighted by Gasteiger charge is -2.37. The van der Waals surface area contributed by atoms with Gasteiger partial charge in [0.1, 0.15) is 18.2 Å². The van der Waals surface area contributed by atoms with Crippen LogP contribution in [0.15, 0.2) is 24.3 Å². The molecule has 0 spiro atoms. The first-order valence-electron chi connectivity index (χ1n) is 13.5. The molecule has 3 amide bonds. The van der Waals surface area contributed by atoms with E-state index in [9.17, 15) is 14.4 Å². The summed E-state index contributed by atoms with van der Waals surface area (Å²) in [5, 5.41) is 5.83. The average molecular weight is 502 g/mol. The minimum atomic E-state index is -0.775. The Kier molecular flexibility index (Phi) is 11.3. The van der Waals surface area contributed by atoms with Gasteiger partial charge in [0.25, 0.3) is 0 Å². The molecule has 7 heteroatoms. The topological polar surface area (TPSA) is 87.7 Å². The Bertz CT molecular complexity index is 854. The van der Waals surface area contributed by atoms with Gasteiger partial charge in [0, 0.05) is 12.1 Å². The molecule has 1 saturated carbocycles. The molecule has 0 aliphatic heterocycles. The maximum atomic E-state index is 13.8. The van der Waals surface area contributed by atoms with E-state index < -0.39 is 17.7 Å². The van der Waals surface area contributed by atoms with Gasteiger partial charge < -0.3 is 20.3 Å². The van der Waals surface area contributed by atoms with E-state index in [4.69, 9.17) is 4.74 Å². The highest BCUT2D eigenvalue weighted by Crippen LogP contribution is 2.28. The summed E-state index contributed by atoms with van der Waals surface area (Å²) in [6, 6.07) is 6.95. The largest absolute Gasteiger partial charge is 0.444 e. The number of alkyl carbamates (subject to hydrolysis) is 1. The minimum Gasteiger partial charge on any atom is -0.444 e. The zero-order chi connectivity index (χ0) is 26.9. The van der Waals surface area contributed by atoms with E-state index in [1.807, 2.05) is 38.1 Å². The monoisotopic (exact) mass is 501 g/mol. The summed E-state index contributed by atoms with van der Waals surface area (Å²) in [5.41, 5.74) is 1.19. The number of rotatable bonds is 10. The van der Waals surface area contributed by atoms with Crippen LogP contribution in [0.25, 0.3) is 0 Å². The lowest BCUT2D eigenvalue weighted by Crippen LogP contribution is -2.52. The van der Waals surface area contributed by atoms with Crippen LogP contribution in [-0.4, -0.2) is 47.0 Å². The van der Waals surface area contributed by atoms with Crippen LogP contribution in [0.4, 0.5) is 4.79 Å². The zero-order valence-corrected chi connectivity index (χ0v) is 23.4. The Morgan fingerprint density at radius 3 is 2.17 bits per heavy atom. The summed E-state index contributed by atoms with van der Waals surface area (Å²) < 4.78 is 5.31. The molecule has 0 heterocycles. The third-order valence-corrected chi connectivity index (χ3v) is 6.58. The molecule has 7 nitrogen and oxygen atoms in total. The smallest absolute Gasteiger partial charge is 0.408 e. The van der Waals surface area contributed by atoms with Crippen molar-refractivity contribution in [1.29, 1.82) is 0 Å². The lowest BCUT2D eigenvalue weighted by molar-refractivity contribution is -0.143. The molecule has 0 bridgehead atoms. The SMILES string of the molecule is Cc1ccc(C(C(=O)NC2CCCCC2)N(C(=O)CNC(=O)OC(C)(C)C)C(C)CCC(C)C)cc1. The third-order valence-electron chi connectivity index (χ3n) is 6.58. The maximum Gasteiger partial charge on any atom is 0.408 e. The second kappa shape index (κ2) is 13.7. The van der Waals surface area contributed by atoms with Crippen LogP contribution < -0.4 is 10.6 Å². The summed E-state index contributed by atoms with van der Waals surface area (Å²) in [5.74, 6) is 0.00688. The van der Waals surface area contributed by atoms with Crippen LogP contribution in [0.2, 0.25) is 0 Å². The Labute approximate surface area is 217 Å². The van der Waals surface area contributed by atoms with Crippen molar-refractivity contribution in [3.63, 3.8) is 0 Å². The van der Waals surface area contributed by atoms with E-state index in [0.29, 0.717) is 5.92 Å². The highest BCUT2D eigenvalue weighted by molar-refractivity contribution is 5.90. The van der Waals surface area contributed by atoms with Crippen molar-refractivity contribution in [3.05, 3.63) is 35.4 Å². The van der Waals surface area contributed by atoms with Gasteiger partial charge in [0.05, 0.1) is 0 Å². The van der Waals surface area contributed by atoms with E-state index in [0.717, 1.165) is 49.7 Å². The molecule has 1 aliphatic rings. The highest BCUT2D eigenvalue weighted by Gasteiger charge is 2.36. The summed E-state index contributed by atoms with van der Waals surface area (Å²) >= 11 is 0. The van der Waals surface area contributed by atoms with Gasteiger partial charge in [-0.05, 0) is 71.8 Å². The molecular formula is C29H47N3O4. The average Bonchev–Trinajstić information content (AvgIpc) is 2.79. The van der Waals surface area contributed by atoms with Crippen molar-refractivity contribution in [2.45, 2.75) is 117 Å². The normalized spacial score (nSPS) is 16.2. The number of ether oxygens (including phenoxy) is 1. The van der Waals surface area contributed by atoms with E-state index in [1.165, 1.54) is 6.42 Å². The molecule has 1 aromatic carbocycles. The number of hydrogen-bond donors (Lipinski definition) is 2. The predicted molar refractivity (Wildman–Crippen MR) is 144 cm³/mol. The summed E-state index contributed by atoms with van der Waals surface area (Å²) in [6.45, 7) is 13.4. The number of carbonyl (C=O) groups excluding carboxylic acids is 3. The van der Waals surface area contributed by atoms with E-state index in [1.54, 1.807) is 25.7 Å². The fourth-order valence-corrected chi connectivity index (χ4v) is 4.63. The predicted octanol–water partition coefficient (Wildman–Crippen LogP) is 5.66. The van der Waals surface area contributed by atoms with E-state index >= 15 is 0 Å². The van der Waals surface area contributed by atoms with Crippen molar-refractivity contribution in [2.75, 3.05) is 6.54 Å². The molecular weight excluding hydrogens is 454 g/mol. The first-order valence-corrected chi connectivity index (χ1v) is 13.5. The quantitative estimate of drug-likeness (QED) is 0.433. The number of benzene rings is 1. The summed E-state index contributed by atoms with van der Waals surface area (Å²) in [6.07, 6.45) is 6.36.